The van der Waals surface area contributed by atoms with E-state index in [1.807, 2.05) is 20.8 Å². The molecule has 0 spiro atoms. The first kappa shape index (κ1) is 16.0. The smallest absolute Gasteiger partial charge is 0.00157 e. The maximum Gasteiger partial charge on any atom is 0.00157 e. The molecule has 1 aliphatic heterocycles. The predicted octanol–water partition coefficient (Wildman–Crippen LogP) is 4.57. The Morgan fingerprint density at radius 2 is 1.74 bits per heavy atom. The van der Waals surface area contributed by atoms with Crippen molar-refractivity contribution in [3.63, 3.8) is 0 Å². The van der Waals surface area contributed by atoms with Crippen LogP contribution in [0.15, 0.2) is 43.0 Å². The molecule has 0 N–H and O–H groups in total. The molecule has 0 aromatic heterocycles. The minimum absolute atomic E-state index is 0.853. The molecule has 1 nitrogen and oxygen atoms in total. The third-order valence-corrected chi connectivity index (χ3v) is 3.98. The number of likely N-dealkylation sites (tertiary alicyclic amines) is 1. The molecule has 106 valence electrons. The topological polar surface area (TPSA) is 3.24 Å². The van der Waals surface area contributed by atoms with Crippen LogP contribution >= 0.6 is 0 Å². The monoisotopic (exact) mass is 259 g/mol. The first-order valence-corrected chi connectivity index (χ1v) is 7.56. The highest BCUT2D eigenvalue weighted by molar-refractivity contribution is 5.24. The van der Waals surface area contributed by atoms with E-state index in [2.05, 4.69) is 48.9 Å². The summed E-state index contributed by atoms with van der Waals surface area (Å²) in [6.45, 7) is 11.9. The maximum atomic E-state index is 3.36. The van der Waals surface area contributed by atoms with Gasteiger partial charge in [0.25, 0.3) is 0 Å². The Kier molecular flexibility index (Phi) is 6.86. The van der Waals surface area contributed by atoms with Gasteiger partial charge in [-0.15, -0.1) is 6.58 Å². The molecule has 2 aliphatic rings. The Labute approximate surface area is 119 Å². The lowest BCUT2D eigenvalue weighted by Gasteiger charge is -2.40. The molecular weight excluding hydrogens is 230 g/mol. The van der Waals surface area contributed by atoms with Gasteiger partial charge in [-0.05, 0) is 43.7 Å². The van der Waals surface area contributed by atoms with Gasteiger partial charge >= 0.3 is 0 Å². The van der Waals surface area contributed by atoms with Crippen molar-refractivity contribution < 1.29 is 0 Å². The quantitative estimate of drug-likeness (QED) is 0.668. The van der Waals surface area contributed by atoms with E-state index in [4.69, 9.17) is 0 Å². The van der Waals surface area contributed by atoms with E-state index in [9.17, 15) is 0 Å². The second-order valence-corrected chi connectivity index (χ2v) is 5.31. The minimum atomic E-state index is 0.853. The zero-order chi connectivity index (χ0) is 14.3. The van der Waals surface area contributed by atoms with Crippen molar-refractivity contribution >= 4 is 0 Å². The van der Waals surface area contributed by atoms with Crippen molar-refractivity contribution in [3.05, 3.63) is 48.6 Å². The van der Waals surface area contributed by atoms with E-state index >= 15 is 0 Å². The summed E-state index contributed by atoms with van der Waals surface area (Å²) in [6.07, 6.45) is 3.17. The van der Waals surface area contributed by atoms with Crippen molar-refractivity contribution in [1.82, 2.24) is 4.90 Å². The summed E-state index contributed by atoms with van der Waals surface area (Å²) >= 11 is 0. The molecule has 3 rings (SSSR count). The standard InChI is InChI=1S/C13H17N.C3H6.C2H6/c1-14-8-11-7-12(13(11)9-14)10-5-3-2-4-6-10;1-3-2;1-2/h2-6,11-13H,7-9H2,1H3;3H,1H2,2H3;1-2H3. The van der Waals surface area contributed by atoms with Crippen LogP contribution in [-0.2, 0) is 0 Å². The molecule has 0 amide bonds. The normalized spacial score (nSPS) is 27.9. The second kappa shape index (κ2) is 8.16. The number of fused-ring (bicyclic) bond motifs is 1. The zero-order valence-electron chi connectivity index (χ0n) is 13.0. The molecule has 1 aliphatic carbocycles. The van der Waals surface area contributed by atoms with E-state index < -0.39 is 0 Å². The Hall–Kier alpha value is -1.08. The van der Waals surface area contributed by atoms with Crippen LogP contribution in [0.25, 0.3) is 0 Å². The molecule has 1 aromatic carbocycles. The van der Waals surface area contributed by atoms with Gasteiger partial charge in [-0.3, -0.25) is 0 Å². The molecule has 1 saturated heterocycles. The number of rotatable bonds is 1. The largest absolute Gasteiger partial charge is 0.306 e. The van der Waals surface area contributed by atoms with Crippen LogP contribution in [0.3, 0.4) is 0 Å². The molecular formula is C18H29N. The van der Waals surface area contributed by atoms with Crippen LogP contribution in [0.5, 0.6) is 0 Å². The zero-order valence-corrected chi connectivity index (χ0v) is 13.0. The third kappa shape index (κ3) is 3.94. The van der Waals surface area contributed by atoms with Crippen molar-refractivity contribution in [2.45, 2.75) is 33.1 Å². The third-order valence-electron chi connectivity index (χ3n) is 3.98. The van der Waals surface area contributed by atoms with Gasteiger partial charge < -0.3 is 4.90 Å². The average molecular weight is 259 g/mol. The van der Waals surface area contributed by atoms with Gasteiger partial charge in [-0.1, -0.05) is 50.3 Å². The van der Waals surface area contributed by atoms with Crippen molar-refractivity contribution in [2.24, 2.45) is 11.8 Å². The summed E-state index contributed by atoms with van der Waals surface area (Å²) < 4.78 is 0. The number of nitrogens with zero attached hydrogens (tertiary/aromatic N) is 1. The van der Waals surface area contributed by atoms with Gasteiger partial charge in [0.15, 0.2) is 0 Å². The lowest BCUT2D eigenvalue weighted by Crippen LogP contribution is -2.33. The summed E-state index contributed by atoms with van der Waals surface area (Å²) in [5.74, 6) is 2.79. The summed E-state index contributed by atoms with van der Waals surface area (Å²) in [6, 6.07) is 11.0. The average Bonchev–Trinajstić information content (AvgIpc) is 2.71. The van der Waals surface area contributed by atoms with E-state index in [0.29, 0.717) is 0 Å². The second-order valence-electron chi connectivity index (χ2n) is 5.31. The van der Waals surface area contributed by atoms with E-state index in [-0.39, 0.29) is 0 Å². The molecule has 1 heteroatoms. The fraction of sp³-hybridized carbons (Fsp3) is 0.556. The van der Waals surface area contributed by atoms with Gasteiger partial charge in [-0.25, -0.2) is 0 Å². The van der Waals surface area contributed by atoms with Crippen molar-refractivity contribution in [2.75, 3.05) is 20.1 Å². The Balaban J connectivity index is 0.000000321. The van der Waals surface area contributed by atoms with Gasteiger partial charge in [0.2, 0.25) is 0 Å². The molecule has 2 fully saturated rings. The van der Waals surface area contributed by atoms with Gasteiger partial charge in [0, 0.05) is 13.1 Å². The number of benzene rings is 1. The Bertz CT molecular complexity index is 357. The first-order valence-electron chi connectivity index (χ1n) is 7.56. The van der Waals surface area contributed by atoms with Gasteiger partial charge in [0.05, 0.1) is 0 Å². The number of hydrogen-bond donors (Lipinski definition) is 0. The van der Waals surface area contributed by atoms with Crippen LogP contribution in [0, 0.1) is 11.8 Å². The van der Waals surface area contributed by atoms with Gasteiger partial charge in [-0.2, -0.15) is 0 Å². The molecule has 1 saturated carbocycles. The lowest BCUT2D eigenvalue weighted by molar-refractivity contribution is 0.191. The van der Waals surface area contributed by atoms with Crippen LogP contribution < -0.4 is 0 Å². The van der Waals surface area contributed by atoms with Crippen LogP contribution in [0.1, 0.15) is 38.7 Å². The van der Waals surface area contributed by atoms with Crippen molar-refractivity contribution in [1.29, 1.82) is 0 Å². The summed E-state index contributed by atoms with van der Waals surface area (Å²) in [4.78, 5) is 2.48. The predicted molar refractivity (Wildman–Crippen MR) is 85.5 cm³/mol. The maximum absolute atomic E-state index is 3.36. The SMILES string of the molecule is C=CC.CC.CN1CC2CC(c3ccccc3)C2C1. The van der Waals surface area contributed by atoms with Crippen LogP contribution in [-0.4, -0.2) is 25.0 Å². The summed E-state index contributed by atoms with van der Waals surface area (Å²) in [7, 11) is 2.25. The minimum Gasteiger partial charge on any atom is -0.306 e. The fourth-order valence-electron chi connectivity index (χ4n) is 3.21. The molecule has 1 heterocycles. The molecule has 3 unspecified atom stereocenters. The molecule has 3 atom stereocenters. The molecule has 0 bridgehead atoms. The first-order chi connectivity index (χ1) is 9.26. The lowest BCUT2D eigenvalue weighted by atomic mass is 9.64. The summed E-state index contributed by atoms with van der Waals surface area (Å²) in [5.41, 5.74) is 1.56. The number of allylic oxidation sites excluding steroid dienone is 1. The van der Waals surface area contributed by atoms with Crippen molar-refractivity contribution in [3.8, 4) is 0 Å². The van der Waals surface area contributed by atoms with Gasteiger partial charge in [0.1, 0.15) is 0 Å². The van der Waals surface area contributed by atoms with Crippen LogP contribution in [0.4, 0.5) is 0 Å². The Morgan fingerprint density at radius 1 is 1.16 bits per heavy atom. The highest BCUT2D eigenvalue weighted by atomic mass is 15.1. The molecule has 1 aromatic rings. The van der Waals surface area contributed by atoms with E-state index in [0.717, 1.165) is 17.8 Å². The fourth-order valence-corrected chi connectivity index (χ4v) is 3.21. The Morgan fingerprint density at radius 3 is 2.26 bits per heavy atom. The van der Waals surface area contributed by atoms with E-state index in [1.165, 1.54) is 19.5 Å². The summed E-state index contributed by atoms with van der Waals surface area (Å²) in [5, 5.41) is 0. The molecule has 19 heavy (non-hydrogen) atoms. The molecule has 0 radical (unpaired) electrons. The number of hydrogen-bond acceptors (Lipinski definition) is 1. The highest BCUT2D eigenvalue weighted by Gasteiger charge is 2.46. The van der Waals surface area contributed by atoms with E-state index in [1.54, 1.807) is 11.6 Å². The highest BCUT2D eigenvalue weighted by Crippen LogP contribution is 2.50. The van der Waals surface area contributed by atoms with Crippen LogP contribution in [0.2, 0.25) is 0 Å².